The van der Waals surface area contributed by atoms with Crippen LogP contribution in [0.1, 0.15) is 40.0 Å². The maximum atomic E-state index is 12.8. The SMILES string of the molecule is Cc1c(C(=O)NCc2ccccc2CN2CCCC2=O)cnn1-c1ccccc1. The Morgan fingerprint density at radius 3 is 2.52 bits per heavy atom. The Morgan fingerprint density at radius 1 is 1.07 bits per heavy atom. The summed E-state index contributed by atoms with van der Waals surface area (Å²) in [5, 5.41) is 7.37. The number of hydrogen-bond donors (Lipinski definition) is 1. The fraction of sp³-hybridized carbons (Fsp3) is 0.261. The van der Waals surface area contributed by atoms with Crippen molar-refractivity contribution in [2.75, 3.05) is 6.54 Å². The van der Waals surface area contributed by atoms with E-state index in [2.05, 4.69) is 10.4 Å². The van der Waals surface area contributed by atoms with Crippen LogP contribution < -0.4 is 5.32 Å². The molecule has 0 spiro atoms. The van der Waals surface area contributed by atoms with E-state index in [1.807, 2.05) is 66.4 Å². The number of nitrogens with zero attached hydrogens (tertiary/aromatic N) is 3. The van der Waals surface area contributed by atoms with E-state index in [1.54, 1.807) is 10.9 Å². The number of benzene rings is 2. The Balaban J connectivity index is 1.46. The molecule has 6 nitrogen and oxygen atoms in total. The van der Waals surface area contributed by atoms with Gasteiger partial charge in [0.25, 0.3) is 5.91 Å². The van der Waals surface area contributed by atoms with Crippen molar-refractivity contribution in [1.29, 1.82) is 0 Å². The first-order valence-electron chi connectivity index (χ1n) is 9.86. The van der Waals surface area contributed by atoms with E-state index in [-0.39, 0.29) is 11.8 Å². The van der Waals surface area contributed by atoms with Gasteiger partial charge in [0.2, 0.25) is 5.91 Å². The molecule has 0 radical (unpaired) electrons. The molecule has 1 N–H and O–H groups in total. The summed E-state index contributed by atoms with van der Waals surface area (Å²) in [5.41, 5.74) is 4.36. The van der Waals surface area contributed by atoms with E-state index in [9.17, 15) is 9.59 Å². The minimum absolute atomic E-state index is 0.156. The van der Waals surface area contributed by atoms with Gasteiger partial charge in [-0.05, 0) is 36.6 Å². The van der Waals surface area contributed by atoms with Crippen LogP contribution in [0.2, 0.25) is 0 Å². The van der Waals surface area contributed by atoms with E-state index in [0.717, 1.165) is 35.5 Å². The Kier molecular flexibility index (Phi) is 5.42. The zero-order chi connectivity index (χ0) is 20.2. The van der Waals surface area contributed by atoms with Gasteiger partial charge in [0.05, 0.1) is 23.1 Å². The predicted octanol–water partition coefficient (Wildman–Crippen LogP) is 3.23. The summed E-state index contributed by atoms with van der Waals surface area (Å²) in [6.45, 7) is 3.70. The van der Waals surface area contributed by atoms with Gasteiger partial charge >= 0.3 is 0 Å². The average Bonchev–Trinajstić information content (AvgIpc) is 3.33. The molecule has 1 aliphatic heterocycles. The lowest BCUT2D eigenvalue weighted by Gasteiger charge is -2.18. The van der Waals surface area contributed by atoms with Gasteiger partial charge in [-0.3, -0.25) is 9.59 Å². The number of hydrogen-bond acceptors (Lipinski definition) is 3. The average molecular weight is 388 g/mol. The highest BCUT2D eigenvalue weighted by molar-refractivity contribution is 5.95. The molecular formula is C23H24N4O2. The van der Waals surface area contributed by atoms with E-state index in [4.69, 9.17) is 0 Å². The first-order chi connectivity index (χ1) is 14.1. The van der Waals surface area contributed by atoms with Crippen LogP contribution in [0.25, 0.3) is 5.69 Å². The molecule has 0 unspecified atom stereocenters. The van der Waals surface area contributed by atoms with E-state index in [1.165, 1.54) is 0 Å². The normalized spacial score (nSPS) is 13.7. The molecule has 6 heteroatoms. The molecule has 29 heavy (non-hydrogen) atoms. The minimum atomic E-state index is -0.156. The highest BCUT2D eigenvalue weighted by Gasteiger charge is 2.21. The van der Waals surface area contributed by atoms with Crippen molar-refractivity contribution in [2.24, 2.45) is 0 Å². The number of para-hydroxylation sites is 1. The van der Waals surface area contributed by atoms with Gasteiger partial charge in [-0.1, -0.05) is 42.5 Å². The van der Waals surface area contributed by atoms with Crippen LogP contribution in [0, 0.1) is 6.92 Å². The van der Waals surface area contributed by atoms with Crippen LogP contribution in [0.3, 0.4) is 0 Å². The Morgan fingerprint density at radius 2 is 1.79 bits per heavy atom. The Hall–Kier alpha value is -3.41. The highest BCUT2D eigenvalue weighted by Crippen LogP contribution is 2.18. The summed E-state index contributed by atoms with van der Waals surface area (Å²) < 4.78 is 1.77. The standard InChI is InChI=1S/C23H24N4O2/c1-17-21(15-25-27(17)20-10-3-2-4-11-20)23(29)24-14-18-8-5-6-9-19(18)16-26-13-7-12-22(26)28/h2-6,8-11,15H,7,12-14,16H2,1H3,(H,24,29). The van der Waals surface area contributed by atoms with Crippen LogP contribution in [0.4, 0.5) is 0 Å². The summed E-state index contributed by atoms with van der Waals surface area (Å²) in [7, 11) is 0. The molecule has 1 saturated heterocycles. The second kappa shape index (κ2) is 8.31. The largest absolute Gasteiger partial charge is 0.348 e. The molecule has 2 aromatic carbocycles. The van der Waals surface area contributed by atoms with Crippen molar-refractivity contribution in [2.45, 2.75) is 32.9 Å². The summed E-state index contributed by atoms with van der Waals surface area (Å²) >= 11 is 0. The number of rotatable bonds is 6. The summed E-state index contributed by atoms with van der Waals surface area (Å²) in [4.78, 5) is 26.6. The quantitative estimate of drug-likeness (QED) is 0.705. The molecule has 3 aromatic rings. The fourth-order valence-corrected chi connectivity index (χ4v) is 3.69. The van der Waals surface area contributed by atoms with Gasteiger partial charge < -0.3 is 10.2 Å². The molecule has 2 amide bonds. The topological polar surface area (TPSA) is 67.2 Å². The van der Waals surface area contributed by atoms with Gasteiger partial charge in [-0.15, -0.1) is 0 Å². The first-order valence-corrected chi connectivity index (χ1v) is 9.86. The Bertz CT molecular complexity index is 1030. The summed E-state index contributed by atoms with van der Waals surface area (Å²) in [6.07, 6.45) is 3.15. The third kappa shape index (κ3) is 4.06. The van der Waals surface area contributed by atoms with Crippen molar-refractivity contribution >= 4 is 11.8 Å². The third-order valence-electron chi connectivity index (χ3n) is 5.35. The van der Waals surface area contributed by atoms with E-state index >= 15 is 0 Å². The van der Waals surface area contributed by atoms with Crippen molar-refractivity contribution in [3.05, 3.63) is 83.2 Å². The van der Waals surface area contributed by atoms with Crippen molar-refractivity contribution in [3.8, 4) is 5.69 Å². The number of likely N-dealkylation sites (tertiary alicyclic amines) is 1. The molecule has 148 valence electrons. The van der Waals surface area contributed by atoms with Gasteiger partial charge in [-0.2, -0.15) is 5.10 Å². The van der Waals surface area contributed by atoms with Crippen molar-refractivity contribution in [3.63, 3.8) is 0 Å². The van der Waals surface area contributed by atoms with Crippen LogP contribution in [-0.4, -0.2) is 33.0 Å². The number of amides is 2. The molecule has 4 rings (SSSR count). The lowest BCUT2D eigenvalue weighted by atomic mass is 10.1. The Labute approximate surface area is 170 Å². The van der Waals surface area contributed by atoms with E-state index in [0.29, 0.717) is 25.1 Å². The number of aromatic nitrogens is 2. The number of carbonyl (C=O) groups is 2. The zero-order valence-electron chi connectivity index (χ0n) is 16.5. The molecule has 1 aliphatic rings. The van der Waals surface area contributed by atoms with Crippen molar-refractivity contribution in [1.82, 2.24) is 20.0 Å². The molecule has 0 bridgehead atoms. The first kappa shape index (κ1) is 18.9. The fourth-order valence-electron chi connectivity index (χ4n) is 3.69. The minimum Gasteiger partial charge on any atom is -0.348 e. The molecule has 0 aliphatic carbocycles. The zero-order valence-corrected chi connectivity index (χ0v) is 16.5. The van der Waals surface area contributed by atoms with Crippen molar-refractivity contribution < 1.29 is 9.59 Å². The van der Waals surface area contributed by atoms with Gasteiger partial charge in [0, 0.05) is 26.1 Å². The smallest absolute Gasteiger partial charge is 0.255 e. The predicted molar refractivity (Wildman–Crippen MR) is 111 cm³/mol. The molecule has 1 aromatic heterocycles. The monoisotopic (exact) mass is 388 g/mol. The highest BCUT2D eigenvalue weighted by atomic mass is 16.2. The maximum Gasteiger partial charge on any atom is 0.255 e. The van der Waals surface area contributed by atoms with Crippen LogP contribution >= 0.6 is 0 Å². The molecule has 2 heterocycles. The number of nitrogens with one attached hydrogen (secondary N) is 1. The number of carbonyl (C=O) groups excluding carboxylic acids is 2. The lowest BCUT2D eigenvalue weighted by Crippen LogP contribution is -2.27. The van der Waals surface area contributed by atoms with Gasteiger partial charge in [0.15, 0.2) is 0 Å². The van der Waals surface area contributed by atoms with Gasteiger partial charge in [0.1, 0.15) is 0 Å². The molecule has 0 atom stereocenters. The molecule has 1 fully saturated rings. The van der Waals surface area contributed by atoms with Crippen LogP contribution in [0.15, 0.2) is 60.8 Å². The van der Waals surface area contributed by atoms with E-state index < -0.39 is 0 Å². The molecular weight excluding hydrogens is 364 g/mol. The third-order valence-corrected chi connectivity index (χ3v) is 5.35. The molecule has 0 saturated carbocycles. The second-order valence-corrected chi connectivity index (χ2v) is 7.26. The van der Waals surface area contributed by atoms with Gasteiger partial charge in [-0.25, -0.2) is 4.68 Å². The summed E-state index contributed by atoms with van der Waals surface area (Å²) in [5.74, 6) is 0.0459. The summed E-state index contributed by atoms with van der Waals surface area (Å²) in [6, 6.07) is 17.7. The van der Waals surface area contributed by atoms with Crippen LogP contribution in [0.5, 0.6) is 0 Å². The second-order valence-electron chi connectivity index (χ2n) is 7.26. The van der Waals surface area contributed by atoms with Crippen LogP contribution in [-0.2, 0) is 17.9 Å². The lowest BCUT2D eigenvalue weighted by molar-refractivity contribution is -0.128. The maximum absolute atomic E-state index is 12.8.